The lowest BCUT2D eigenvalue weighted by Crippen LogP contribution is -2.41. The molecule has 1 aliphatic heterocycles. The zero-order valence-corrected chi connectivity index (χ0v) is 11.2. The van der Waals surface area contributed by atoms with Crippen LogP contribution in [0.5, 0.6) is 0 Å². The van der Waals surface area contributed by atoms with Crippen molar-refractivity contribution in [1.29, 1.82) is 0 Å². The molecule has 7 heteroatoms. The van der Waals surface area contributed by atoms with Crippen LogP contribution in [0.1, 0.15) is 23.2 Å². The molecule has 1 N–H and O–H groups in total. The average molecular weight is 290 g/mol. The molecule has 1 unspecified atom stereocenters. The Hall–Kier alpha value is -0.910. The summed E-state index contributed by atoms with van der Waals surface area (Å²) in [6.07, 6.45) is 1.81. The average Bonchev–Trinajstić information content (AvgIpc) is 2.41. The second-order valence-electron chi connectivity index (χ2n) is 4.31. The van der Waals surface area contributed by atoms with Gasteiger partial charge in [-0.25, -0.2) is 0 Å². The summed E-state index contributed by atoms with van der Waals surface area (Å²) in [5.74, 6) is -0.0818. The van der Waals surface area contributed by atoms with Gasteiger partial charge in [-0.05, 0) is 24.8 Å². The van der Waals surface area contributed by atoms with Gasteiger partial charge in [-0.2, -0.15) is 0 Å². The van der Waals surface area contributed by atoms with Crippen LogP contribution >= 0.6 is 23.2 Å². The summed E-state index contributed by atoms with van der Waals surface area (Å²) in [6.45, 7) is 1.28. The Bertz CT molecular complexity index is 456. The highest BCUT2D eigenvalue weighted by atomic mass is 35.5. The van der Waals surface area contributed by atoms with Crippen molar-refractivity contribution < 1.29 is 9.90 Å². The molecule has 1 amide bonds. The largest absolute Gasteiger partial charge is 0.396 e. The van der Waals surface area contributed by atoms with Crippen LogP contribution in [0.2, 0.25) is 10.3 Å². The number of aliphatic hydroxyl groups excluding tert-OH is 1. The van der Waals surface area contributed by atoms with Gasteiger partial charge in [-0.15, -0.1) is 10.2 Å². The topological polar surface area (TPSA) is 66.3 Å². The van der Waals surface area contributed by atoms with Crippen molar-refractivity contribution in [2.75, 3.05) is 19.7 Å². The second-order valence-corrected chi connectivity index (χ2v) is 5.06. The molecule has 98 valence electrons. The summed E-state index contributed by atoms with van der Waals surface area (Å²) in [4.78, 5) is 13.9. The van der Waals surface area contributed by atoms with Gasteiger partial charge in [0.1, 0.15) is 0 Å². The third-order valence-corrected chi connectivity index (χ3v) is 3.48. The first-order valence-corrected chi connectivity index (χ1v) is 6.46. The lowest BCUT2D eigenvalue weighted by molar-refractivity contribution is 0.0620. The molecule has 1 saturated heterocycles. The summed E-state index contributed by atoms with van der Waals surface area (Å²) in [5, 5.41) is 16.5. The van der Waals surface area contributed by atoms with E-state index in [4.69, 9.17) is 28.3 Å². The molecule has 18 heavy (non-hydrogen) atoms. The molecule has 2 rings (SSSR count). The molecule has 0 saturated carbocycles. The number of hydrogen-bond acceptors (Lipinski definition) is 4. The number of aliphatic hydroxyl groups is 1. The van der Waals surface area contributed by atoms with Crippen LogP contribution in [-0.4, -0.2) is 45.8 Å². The third-order valence-electron chi connectivity index (χ3n) is 3.01. The number of hydrogen-bond donors (Lipinski definition) is 1. The molecule has 0 bridgehead atoms. The molecule has 0 aliphatic carbocycles. The Balaban J connectivity index is 2.17. The van der Waals surface area contributed by atoms with Gasteiger partial charge >= 0.3 is 0 Å². The highest BCUT2D eigenvalue weighted by Gasteiger charge is 2.26. The van der Waals surface area contributed by atoms with Crippen molar-refractivity contribution >= 4 is 29.1 Å². The van der Waals surface area contributed by atoms with E-state index in [1.165, 1.54) is 6.07 Å². The van der Waals surface area contributed by atoms with Gasteiger partial charge in [0.2, 0.25) is 0 Å². The number of aromatic nitrogens is 2. The van der Waals surface area contributed by atoms with Gasteiger partial charge in [0.15, 0.2) is 10.3 Å². The Morgan fingerprint density at radius 3 is 3.00 bits per heavy atom. The molecule has 0 radical (unpaired) electrons. The molecule has 1 fully saturated rings. The number of nitrogens with zero attached hydrogens (tertiary/aromatic N) is 3. The molecule has 0 spiro atoms. The molecular formula is C11H13Cl2N3O2. The SMILES string of the molecule is O=C(c1cc(Cl)nnc1Cl)N1CCCC(CO)C1. The minimum absolute atomic E-state index is 0.0514. The Morgan fingerprint density at radius 2 is 2.28 bits per heavy atom. The van der Waals surface area contributed by atoms with Crippen molar-refractivity contribution in [1.82, 2.24) is 15.1 Å². The monoisotopic (exact) mass is 289 g/mol. The van der Waals surface area contributed by atoms with E-state index in [1.54, 1.807) is 4.90 Å². The Morgan fingerprint density at radius 1 is 1.50 bits per heavy atom. The smallest absolute Gasteiger partial charge is 0.257 e. The Kier molecular flexibility index (Phi) is 4.37. The highest BCUT2D eigenvalue weighted by molar-refractivity contribution is 6.34. The lowest BCUT2D eigenvalue weighted by atomic mass is 9.98. The van der Waals surface area contributed by atoms with Gasteiger partial charge in [-0.3, -0.25) is 4.79 Å². The highest BCUT2D eigenvalue weighted by Crippen LogP contribution is 2.22. The first kappa shape index (κ1) is 13.5. The molecule has 1 aromatic heterocycles. The van der Waals surface area contributed by atoms with Crippen LogP contribution in [-0.2, 0) is 0 Å². The summed E-state index contributed by atoms with van der Waals surface area (Å²) in [7, 11) is 0. The first-order valence-electron chi connectivity index (χ1n) is 5.70. The van der Waals surface area contributed by atoms with E-state index in [0.717, 1.165) is 12.8 Å². The zero-order chi connectivity index (χ0) is 13.1. The van der Waals surface area contributed by atoms with Crippen LogP contribution in [0, 0.1) is 5.92 Å². The fourth-order valence-corrected chi connectivity index (χ4v) is 2.39. The van der Waals surface area contributed by atoms with Gasteiger partial charge in [0.25, 0.3) is 5.91 Å². The van der Waals surface area contributed by atoms with Gasteiger partial charge in [0, 0.05) is 19.7 Å². The fraction of sp³-hybridized carbons (Fsp3) is 0.545. The summed E-state index contributed by atoms with van der Waals surface area (Å²) < 4.78 is 0. The maximum absolute atomic E-state index is 12.3. The van der Waals surface area contributed by atoms with Crippen LogP contribution in [0.15, 0.2) is 6.07 Å². The Labute approximate surface area is 115 Å². The van der Waals surface area contributed by atoms with Crippen LogP contribution in [0.4, 0.5) is 0 Å². The molecule has 1 aromatic rings. The van der Waals surface area contributed by atoms with E-state index in [2.05, 4.69) is 10.2 Å². The number of rotatable bonds is 2. The van der Waals surface area contributed by atoms with Crippen molar-refractivity contribution in [3.05, 3.63) is 21.9 Å². The maximum atomic E-state index is 12.3. The molecule has 2 heterocycles. The number of amides is 1. The second kappa shape index (κ2) is 5.82. The molecule has 1 aliphatic rings. The minimum atomic E-state index is -0.213. The van der Waals surface area contributed by atoms with E-state index in [9.17, 15) is 4.79 Å². The van der Waals surface area contributed by atoms with Crippen molar-refractivity contribution in [2.45, 2.75) is 12.8 Å². The van der Waals surface area contributed by atoms with Crippen molar-refractivity contribution in [3.63, 3.8) is 0 Å². The summed E-state index contributed by atoms with van der Waals surface area (Å²) in [6, 6.07) is 1.42. The summed E-state index contributed by atoms with van der Waals surface area (Å²) in [5.41, 5.74) is 0.259. The van der Waals surface area contributed by atoms with Crippen molar-refractivity contribution in [3.8, 4) is 0 Å². The lowest BCUT2D eigenvalue weighted by Gasteiger charge is -2.31. The molecule has 0 aromatic carbocycles. The van der Waals surface area contributed by atoms with E-state index < -0.39 is 0 Å². The number of halogens is 2. The third kappa shape index (κ3) is 2.91. The van der Waals surface area contributed by atoms with E-state index in [1.807, 2.05) is 0 Å². The predicted molar refractivity (Wildman–Crippen MR) is 67.8 cm³/mol. The molecule has 5 nitrogen and oxygen atoms in total. The zero-order valence-electron chi connectivity index (χ0n) is 9.64. The minimum Gasteiger partial charge on any atom is -0.396 e. The number of likely N-dealkylation sites (tertiary alicyclic amines) is 1. The van der Waals surface area contributed by atoms with Gasteiger partial charge in [0.05, 0.1) is 5.56 Å². The van der Waals surface area contributed by atoms with E-state index in [0.29, 0.717) is 13.1 Å². The number of carbonyl (C=O) groups is 1. The molecule has 1 atom stereocenters. The van der Waals surface area contributed by atoms with Crippen molar-refractivity contribution in [2.24, 2.45) is 5.92 Å². The summed E-state index contributed by atoms with van der Waals surface area (Å²) >= 11 is 11.6. The quantitative estimate of drug-likeness (QED) is 0.899. The first-order chi connectivity index (χ1) is 8.61. The van der Waals surface area contributed by atoms with E-state index >= 15 is 0 Å². The number of carbonyl (C=O) groups excluding carboxylic acids is 1. The maximum Gasteiger partial charge on any atom is 0.257 e. The van der Waals surface area contributed by atoms with E-state index in [-0.39, 0.29) is 34.3 Å². The standard InChI is InChI=1S/C11H13Cl2N3O2/c12-9-4-8(10(13)15-14-9)11(18)16-3-1-2-7(5-16)6-17/h4,7,17H,1-3,5-6H2. The van der Waals surface area contributed by atoms with Crippen LogP contribution < -0.4 is 0 Å². The van der Waals surface area contributed by atoms with Crippen LogP contribution in [0.25, 0.3) is 0 Å². The normalized spacial score (nSPS) is 19.9. The molecular weight excluding hydrogens is 277 g/mol. The fourth-order valence-electron chi connectivity index (χ4n) is 2.07. The van der Waals surface area contributed by atoms with Gasteiger partial charge in [-0.1, -0.05) is 23.2 Å². The number of piperidine rings is 1. The van der Waals surface area contributed by atoms with Gasteiger partial charge < -0.3 is 10.0 Å². The van der Waals surface area contributed by atoms with Crippen LogP contribution in [0.3, 0.4) is 0 Å². The predicted octanol–water partition coefficient (Wildman–Crippen LogP) is 1.63.